The Morgan fingerprint density at radius 3 is 3.00 bits per heavy atom. The van der Waals surface area contributed by atoms with Gasteiger partial charge in [-0.2, -0.15) is 0 Å². The van der Waals surface area contributed by atoms with Crippen LogP contribution >= 0.6 is 0 Å². The van der Waals surface area contributed by atoms with Crippen molar-refractivity contribution in [1.29, 1.82) is 0 Å². The summed E-state index contributed by atoms with van der Waals surface area (Å²) < 4.78 is 0. The molecule has 0 aromatic heterocycles. The van der Waals surface area contributed by atoms with Gasteiger partial charge in [0.25, 0.3) is 0 Å². The van der Waals surface area contributed by atoms with E-state index in [4.69, 9.17) is 5.11 Å². The lowest BCUT2D eigenvalue weighted by Gasteiger charge is -2.11. The maximum atomic E-state index is 9.15. The number of aliphatic hydroxyl groups excluding tert-OH is 1. The van der Waals surface area contributed by atoms with Gasteiger partial charge in [-0.15, -0.1) is 0 Å². The van der Waals surface area contributed by atoms with Crippen LogP contribution in [0.25, 0.3) is 0 Å². The fraction of sp³-hybridized carbons (Fsp3) is 1.00. The Morgan fingerprint density at radius 2 is 2.22 bits per heavy atom. The normalized spacial score (nSPS) is 38.0. The van der Waals surface area contributed by atoms with E-state index in [0.29, 0.717) is 19.1 Å². The van der Waals surface area contributed by atoms with Crippen LogP contribution in [0.2, 0.25) is 0 Å². The molecule has 0 spiro atoms. The molecule has 3 heteroatoms. The van der Waals surface area contributed by atoms with Crippen molar-refractivity contribution in [2.75, 3.05) is 13.2 Å². The molecule has 1 N–H and O–H groups in total. The molecule has 2 unspecified atom stereocenters. The van der Waals surface area contributed by atoms with Crippen LogP contribution in [0.1, 0.15) is 13.3 Å². The van der Waals surface area contributed by atoms with E-state index >= 15 is 0 Å². The van der Waals surface area contributed by atoms with Crippen LogP contribution in [0.15, 0.2) is 0 Å². The first-order valence-electron chi connectivity index (χ1n) is 3.23. The summed E-state index contributed by atoms with van der Waals surface area (Å²) in [5.41, 5.74) is 0. The molecule has 2 atom stereocenters. The molecule has 1 fully saturated rings. The summed E-state index contributed by atoms with van der Waals surface area (Å²) in [5, 5.41) is 9.15. The molecule has 1 saturated heterocycles. The number of hydrogen-bond acceptors (Lipinski definition) is 3. The molecule has 0 aromatic rings. The van der Waals surface area contributed by atoms with Crippen LogP contribution < -0.4 is 0 Å². The summed E-state index contributed by atoms with van der Waals surface area (Å²) in [7, 11) is 0. The first-order valence-corrected chi connectivity index (χ1v) is 3.23. The molecule has 0 amide bonds. The number of hydrogen-bond donors (Lipinski definition) is 1. The minimum Gasteiger partial charge on any atom is -0.390 e. The second kappa shape index (κ2) is 3.15. The summed E-state index contributed by atoms with van der Waals surface area (Å²) in [5.74, 6) is 0.299. The molecular formula is C6H12O3. The SMILES string of the molecule is CC1CCOOCC1O. The van der Waals surface area contributed by atoms with E-state index in [1.807, 2.05) is 6.92 Å². The molecular weight excluding hydrogens is 120 g/mol. The van der Waals surface area contributed by atoms with E-state index in [9.17, 15) is 0 Å². The third-order valence-electron chi connectivity index (χ3n) is 1.64. The largest absolute Gasteiger partial charge is 0.390 e. The minimum atomic E-state index is -0.354. The first kappa shape index (κ1) is 6.99. The van der Waals surface area contributed by atoms with E-state index in [0.717, 1.165) is 6.42 Å². The van der Waals surface area contributed by atoms with Crippen LogP contribution in [-0.4, -0.2) is 24.4 Å². The predicted octanol–water partition coefficient (Wildman–Crippen LogP) is 0.335. The lowest BCUT2D eigenvalue weighted by atomic mass is 10.0. The summed E-state index contributed by atoms with van der Waals surface area (Å²) in [6.45, 7) is 2.89. The van der Waals surface area contributed by atoms with Crippen molar-refractivity contribution in [2.24, 2.45) is 5.92 Å². The third-order valence-corrected chi connectivity index (χ3v) is 1.64. The van der Waals surface area contributed by atoms with Crippen LogP contribution in [-0.2, 0) is 9.78 Å². The number of rotatable bonds is 0. The fourth-order valence-corrected chi connectivity index (χ4v) is 0.767. The first-order chi connectivity index (χ1) is 4.30. The molecule has 0 aromatic carbocycles. The van der Waals surface area contributed by atoms with Crippen molar-refractivity contribution < 1.29 is 14.9 Å². The van der Waals surface area contributed by atoms with Gasteiger partial charge >= 0.3 is 0 Å². The van der Waals surface area contributed by atoms with Crippen molar-refractivity contribution in [3.05, 3.63) is 0 Å². The second-order valence-corrected chi connectivity index (χ2v) is 2.44. The van der Waals surface area contributed by atoms with E-state index in [1.165, 1.54) is 0 Å². The Bertz CT molecular complexity index is 74.4. The van der Waals surface area contributed by atoms with Crippen LogP contribution in [0.3, 0.4) is 0 Å². The smallest absolute Gasteiger partial charge is 0.108 e. The molecule has 0 bridgehead atoms. The summed E-state index contributed by atoms with van der Waals surface area (Å²) in [6, 6.07) is 0. The number of aliphatic hydroxyl groups is 1. The molecule has 1 rings (SSSR count). The Kier molecular flexibility index (Phi) is 2.45. The summed E-state index contributed by atoms with van der Waals surface area (Å²) >= 11 is 0. The highest BCUT2D eigenvalue weighted by Crippen LogP contribution is 2.12. The van der Waals surface area contributed by atoms with Gasteiger partial charge in [0.1, 0.15) is 6.61 Å². The lowest BCUT2D eigenvalue weighted by Crippen LogP contribution is -2.20. The zero-order chi connectivity index (χ0) is 6.69. The van der Waals surface area contributed by atoms with Gasteiger partial charge in [-0.3, -0.25) is 0 Å². The molecule has 0 saturated carbocycles. The van der Waals surface area contributed by atoms with Gasteiger partial charge in [0.05, 0.1) is 12.7 Å². The molecule has 3 nitrogen and oxygen atoms in total. The summed E-state index contributed by atoms with van der Waals surface area (Å²) in [6.07, 6.45) is 0.522. The maximum Gasteiger partial charge on any atom is 0.108 e. The van der Waals surface area contributed by atoms with E-state index in [-0.39, 0.29) is 6.10 Å². The minimum absolute atomic E-state index is 0.299. The Labute approximate surface area is 54.5 Å². The van der Waals surface area contributed by atoms with Crippen molar-refractivity contribution in [3.63, 3.8) is 0 Å². The highest BCUT2D eigenvalue weighted by atomic mass is 17.2. The molecule has 54 valence electrons. The van der Waals surface area contributed by atoms with Crippen LogP contribution in [0.4, 0.5) is 0 Å². The monoisotopic (exact) mass is 132 g/mol. The Morgan fingerprint density at radius 1 is 1.44 bits per heavy atom. The van der Waals surface area contributed by atoms with Gasteiger partial charge in [-0.05, 0) is 12.3 Å². The Hall–Kier alpha value is -0.120. The van der Waals surface area contributed by atoms with Gasteiger partial charge in [0.2, 0.25) is 0 Å². The van der Waals surface area contributed by atoms with Crippen molar-refractivity contribution in [1.82, 2.24) is 0 Å². The quantitative estimate of drug-likeness (QED) is 0.483. The van der Waals surface area contributed by atoms with Gasteiger partial charge in [0, 0.05) is 0 Å². The van der Waals surface area contributed by atoms with Gasteiger partial charge < -0.3 is 5.11 Å². The van der Waals surface area contributed by atoms with Gasteiger partial charge in [-0.25, -0.2) is 9.78 Å². The maximum absolute atomic E-state index is 9.15. The molecule has 0 radical (unpaired) electrons. The molecule has 0 aliphatic carbocycles. The van der Waals surface area contributed by atoms with Crippen molar-refractivity contribution in [3.8, 4) is 0 Å². The standard InChI is InChI=1S/C6H12O3/c1-5-2-3-8-9-4-6(5)7/h5-7H,2-4H2,1H3. The molecule has 1 heterocycles. The average molecular weight is 132 g/mol. The summed E-state index contributed by atoms with van der Waals surface area (Å²) in [4.78, 5) is 9.30. The third kappa shape index (κ3) is 1.93. The van der Waals surface area contributed by atoms with E-state index in [1.54, 1.807) is 0 Å². The highest BCUT2D eigenvalue weighted by molar-refractivity contribution is 4.63. The second-order valence-electron chi connectivity index (χ2n) is 2.44. The average Bonchev–Trinajstić information content (AvgIpc) is 1.99. The lowest BCUT2D eigenvalue weighted by molar-refractivity contribution is -0.295. The van der Waals surface area contributed by atoms with Gasteiger partial charge in [-0.1, -0.05) is 6.92 Å². The molecule has 1 aliphatic rings. The van der Waals surface area contributed by atoms with Crippen molar-refractivity contribution in [2.45, 2.75) is 19.4 Å². The zero-order valence-electron chi connectivity index (χ0n) is 5.54. The molecule has 9 heavy (non-hydrogen) atoms. The van der Waals surface area contributed by atoms with Crippen molar-refractivity contribution >= 4 is 0 Å². The zero-order valence-corrected chi connectivity index (χ0v) is 5.54. The van der Waals surface area contributed by atoms with E-state index < -0.39 is 0 Å². The fourth-order valence-electron chi connectivity index (χ4n) is 0.767. The van der Waals surface area contributed by atoms with Gasteiger partial charge in [0.15, 0.2) is 0 Å². The predicted molar refractivity (Wildman–Crippen MR) is 31.7 cm³/mol. The topological polar surface area (TPSA) is 38.7 Å². The highest BCUT2D eigenvalue weighted by Gasteiger charge is 2.17. The van der Waals surface area contributed by atoms with Crippen LogP contribution in [0, 0.1) is 5.92 Å². The Balaban J connectivity index is 2.32. The molecule has 1 aliphatic heterocycles. The van der Waals surface area contributed by atoms with Crippen LogP contribution in [0.5, 0.6) is 0 Å². The van der Waals surface area contributed by atoms with E-state index in [2.05, 4.69) is 9.78 Å².